The summed E-state index contributed by atoms with van der Waals surface area (Å²) in [7, 11) is 1.23. The standard InChI is InChI=1S/C11H11NO3/c1-7-4-10(15-8(7)2)5-9(6-12)11(13)14-3/h4-5H,1-3H3/b9-5+. The van der Waals surface area contributed by atoms with Gasteiger partial charge in [0.15, 0.2) is 0 Å². The molecule has 0 spiro atoms. The number of aryl methyl sites for hydroxylation is 2. The van der Waals surface area contributed by atoms with Crippen molar-refractivity contribution >= 4 is 12.0 Å². The van der Waals surface area contributed by atoms with Gasteiger partial charge in [-0.05, 0) is 25.5 Å². The maximum Gasteiger partial charge on any atom is 0.348 e. The van der Waals surface area contributed by atoms with Crippen LogP contribution in [0, 0.1) is 25.2 Å². The van der Waals surface area contributed by atoms with Crippen LogP contribution < -0.4 is 0 Å². The highest BCUT2D eigenvalue weighted by atomic mass is 16.5. The predicted octanol–water partition coefficient (Wildman–Crippen LogP) is 1.98. The molecule has 0 aliphatic rings. The minimum absolute atomic E-state index is 0.0775. The molecule has 0 saturated carbocycles. The van der Waals surface area contributed by atoms with Crippen molar-refractivity contribution in [2.24, 2.45) is 0 Å². The highest BCUT2D eigenvalue weighted by molar-refractivity contribution is 5.97. The molecule has 15 heavy (non-hydrogen) atoms. The summed E-state index contributed by atoms with van der Waals surface area (Å²) >= 11 is 0. The first-order chi connectivity index (χ1) is 7.08. The second kappa shape index (κ2) is 4.47. The van der Waals surface area contributed by atoms with E-state index >= 15 is 0 Å². The second-order valence-corrected chi connectivity index (χ2v) is 3.05. The summed E-state index contributed by atoms with van der Waals surface area (Å²) in [5.74, 6) is 0.583. The summed E-state index contributed by atoms with van der Waals surface area (Å²) in [5.41, 5.74) is 0.898. The van der Waals surface area contributed by atoms with Crippen LogP contribution in [0.5, 0.6) is 0 Å². The zero-order valence-corrected chi connectivity index (χ0v) is 8.83. The maximum atomic E-state index is 11.1. The molecule has 0 radical (unpaired) electrons. The van der Waals surface area contributed by atoms with Crippen LogP contribution in [0.2, 0.25) is 0 Å². The average Bonchev–Trinajstić information content (AvgIpc) is 2.53. The van der Waals surface area contributed by atoms with Crippen molar-refractivity contribution in [1.29, 1.82) is 5.26 Å². The van der Waals surface area contributed by atoms with Crippen molar-refractivity contribution in [3.63, 3.8) is 0 Å². The van der Waals surface area contributed by atoms with E-state index in [1.54, 1.807) is 12.1 Å². The quantitative estimate of drug-likeness (QED) is 0.420. The first-order valence-corrected chi connectivity index (χ1v) is 4.35. The van der Waals surface area contributed by atoms with Gasteiger partial charge in [-0.3, -0.25) is 0 Å². The second-order valence-electron chi connectivity index (χ2n) is 3.05. The van der Waals surface area contributed by atoms with Gasteiger partial charge in [-0.25, -0.2) is 4.79 Å². The average molecular weight is 205 g/mol. The molecule has 4 nitrogen and oxygen atoms in total. The number of nitriles is 1. The third kappa shape index (κ3) is 2.47. The normalized spacial score (nSPS) is 10.9. The van der Waals surface area contributed by atoms with Crippen LogP contribution in [-0.4, -0.2) is 13.1 Å². The fourth-order valence-electron chi connectivity index (χ4n) is 1.06. The van der Waals surface area contributed by atoms with Crippen LogP contribution in [0.15, 0.2) is 16.1 Å². The van der Waals surface area contributed by atoms with Crippen molar-refractivity contribution in [1.82, 2.24) is 0 Å². The van der Waals surface area contributed by atoms with E-state index in [2.05, 4.69) is 4.74 Å². The molecule has 0 bridgehead atoms. The van der Waals surface area contributed by atoms with Crippen molar-refractivity contribution in [3.05, 3.63) is 28.7 Å². The Morgan fingerprint density at radius 2 is 2.27 bits per heavy atom. The van der Waals surface area contributed by atoms with Gasteiger partial charge in [0.05, 0.1) is 7.11 Å². The van der Waals surface area contributed by atoms with Gasteiger partial charge in [0.1, 0.15) is 23.2 Å². The summed E-state index contributed by atoms with van der Waals surface area (Å²) in [6.07, 6.45) is 1.37. The topological polar surface area (TPSA) is 63.2 Å². The van der Waals surface area contributed by atoms with Crippen molar-refractivity contribution in [2.75, 3.05) is 7.11 Å². The minimum Gasteiger partial charge on any atom is -0.465 e. The van der Waals surface area contributed by atoms with Crippen molar-refractivity contribution in [2.45, 2.75) is 13.8 Å². The van der Waals surface area contributed by atoms with Crippen LogP contribution in [0.4, 0.5) is 0 Å². The summed E-state index contributed by atoms with van der Waals surface area (Å²) in [4.78, 5) is 11.1. The fraction of sp³-hybridized carbons (Fsp3) is 0.273. The first kappa shape index (κ1) is 11.1. The maximum absolute atomic E-state index is 11.1. The Bertz CT molecular complexity index is 429. The SMILES string of the molecule is COC(=O)/C(C#N)=C/c1cc(C)c(C)o1. The molecule has 0 N–H and O–H groups in total. The van der Waals surface area contributed by atoms with Crippen LogP contribution >= 0.6 is 0 Å². The number of carbonyl (C=O) groups is 1. The zero-order valence-electron chi connectivity index (χ0n) is 8.83. The number of carbonyl (C=O) groups excluding carboxylic acids is 1. The van der Waals surface area contributed by atoms with Gasteiger partial charge in [-0.2, -0.15) is 5.26 Å². The lowest BCUT2D eigenvalue weighted by Gasteiger charge is -1.93. The van der Waals surface area contributed by atoms with Gasteiger partial charge in [0.25, 0.3) is 0 Å². The molecular weight excluding hydrogens is 194 g/mol. The summed E-state index contributed by atoms with van der Waals surface area (Å²) in [5, 5.41) is 8.70. The summed E-state index contributed by atoms with van der Waals surface area (Å²) < 4.78 is 9.75. The molecule has 0 aromatic carbocycles. The third-order valence-electron chi connectivity index (χ3n) is 2.00. The number of ether oxygens (including phenoxy) is 1. The smallest absolute Gasteiger partial charge is 0.348 e. The number of rotatable bonds is 2. The molecule has 1 rings (SSSR count). The van der Waals surface area contributed by atoms with Crippen LogP contribution in [0.25, 0.3) is 6.08 Å². The van der Waals surface area contributed by atoms with E-state index in [4.69, 9.17) is 9.68 Å². The van der Waals surface area contributed by atoms with E-state index in [-0.39, 0.29) is 5.57 Å². The van der Waals surface area contributed by atoms with E-state index in [9.17, 15) is 4.79 Å². The number of methoxy groups -OCH3 is 1. The molecule has 4 heteroatoms. The highest BCUT2D eigenvalue weighted by Gasteiger charge is 2.10. The molecule has 78 valence electrons. The lowest BCUT2D eigenvalue weighted by Crippen LogP contribution is -2.02. The van der Waals surface area contributed by atoms with E-state index < -0.39 is 5.97 Å². The first-order valence-electron chi connectivity index (χ1n) is 4.35. The van der Waals surface area contributed by atoms with Crippen LogP contribution in [-0.2, 0) is 9.53 Å². The van der Waals surface area contributed by atoms with Crippen molar-refractivity contribution < 1.29 is 13.9 Å². The number of esters is 1. The van der Waals surface area contributed by atoms with Crippen molar-refractivity contribution in [3.8, 4) is 6.07 Å². The lowest BCUT2D eigenvalue weighted by molar-refractivity contribution is -0.135. The predicted molar refractivity (Wildman–Crippen MR) is 53.8 cm³/mol. The van der Waals surface area contributed by atoms with Gasteiger partial charge < -0.3 is 9.15 Å². The number of furan rings is 1. The van der Waals surface area contributed by atoms with Gasteiger partial charge in [-0.15, -0.1) is 0 Å². The Hall–Kier alpha value is -2.02. The van der Waals surface area contributed by atoms with E-state index in [1.807, 2.05) is 13.8 Å². The number of nitrogens with zero attached hydrogens (tertiary/aromatic N) is 1. The zero-order chi connectivity index (χ0) is 11.4. The molecule has 1 aromatic rings. The third-order valence-corrected chi connectivity index (χ3v) is 2.00. The monoisotopic (exact) mass is 205 g/mol. The Kier molecular flexibility index (Phi) is 3.29. The van der Waals surface area contributed by atoms with Gasteiger partial charge >= 0.3 is 5.97 Å². The molecular formula is C11H11NO3. The molecule has 0 fully saturated rings. The van der Waals surface area contributed by atoms with Crippen LogP contribution in [0.3, 0.4) is 0 Å². The molecule has 0 unspecified atom stereocenters. The Labute approximate surface area is 87.8 Å². The highest BCUT2D eigenvalue weighted by Crippen LogP contribution is 2.16. The van der Waals surface area contributed by atoms with Gasteiger partial charge in [0, 0.05) is 6.08 Å². The van der Waals surface area contributed by atoms with E-state index in [0.717, 1.165) is 11.3 Å². The molecule has 1 heterocycles. The Balaban J connectivity index is 3.05. The summed E-state index contributed by atoms with van der Waals surface area (Å²) in [6.45, 7) is 3.71. The molecule has 0 amide bonds. The largest absolute Gasteiger partial charge is 0.465 e. The molecule has 0 saturated heterocycles. The van der Waals surface area contributed by atoms with E-state index in [1.165, 1.54) is 13.2 Å². The number of hydrogen-bond acceptors (Lipinski definition) is 4. The molecule has 0 aliphatic carbocycles. The fourth-order valence-corrected chi connectivity index (χ4v) is 1.06. The minimum atomic E-state index is -0.663. The summed E-state index contributed by atoms with van der Waals surface area (Å²) in [6, 6.07) is 3.52. The molecule has 1 aromatic heterocycles. The molecule has 0 atom stereocenters. The lowest BCUT2D eigenvalue weighted by atomic mass is 10.2. The van der Waals surface area contributed by atoms with E-state index in [0.29, 0.717) is 5.76 Å². The van der Waals surface area contributed by atoms with Crippen LogP contribution in [0.1, 0.15) is 17.1 Å². The molecule has 0 aliphatic heterocycles. The van der Waals surface area contributed by atoms with Gasteiger partial charge in [0.2, 0.25) is 0 Å². The number of hydrogen-bond donors (Lipinski definition) is 0. The Morgan fingerprint density at radius 3 is 2.67 bits per heavy atom. The van der Waals surface area contributed by atoms with Gasteiger partial charge in [-0.1, -0.05) is 0 Å². The Morgan fingerprint density at radius 1 is 1.60 bits per heavy atom.